The van der Waals surface area contributed by atoms with Crippen LogP contribution < -0.4 is 14.2 Å². The summed E-state index contributed by atoms with van der Waals surface area (Å²) in [6.07, 6.45) is 6.39. The van der Waals surface area contributed by atoms with Gasteiger partial charge >= 0.3 is 12.0 Å². The largest absolute Gasteiger partial charge is 0.493 e. The van der Waals surface area contributed by atoms with Gasteiger partial charge in [0, 0.05) is 37.6 Å². The molecular weight excluding hydrogens is 572 g/mol. The second-order valence-corrected chi connectivity index (χ2v) is 10.6. The standard InChI is InChI=1S/C33H39F2N3O6/c1-41-28-19-26(20-29(42-2)30(28)43-3)33(34,35)31(39)38-18-10-15-27(38)23-44-32(40)37(22-25-12-5-4-6-13-25)17-8-7-11-24-14-9-16-36-21-24/h4-6,9,12-14,16,19-21,27H,7-8,10-11,15,17-18,22-23H2,1-3H3/t27-/m0/s1. The predicted molar refractivity (Wildman–Crippen MR) is 160 cm³/mol. The van der Waals surface area contributed by atoms with Gasteiger partial charge in [-0.3, -0.25) is 9.78 Å². The smallest absolute Gasteiger partial charge is 0.410 e. The summed E-state index contributed by atoms with van der Waals surface area (Å²) < 4.78 is 52.6. The molecule has 236 valence electrons. The number of halogens is 2. The van der Waals surface area contributed by atoms with Crippen molar-refractivity contribution in [2.45, 2.75) is 50.6 Å². The quantitative estimate of drug-likeness (QED) is 0.211. The van der Waals surface area contributed by atoms with Crippen LogP contribution in [0.2, 0.25) is 0 Å². The van der Waals surface area contributed by atoms with Crippen molar-refractivity contribution in [2.24, 2.45) is 0 Å². The van der Waals surface area contributed by atoms with E-state index in [1.165, 1.54) is 21.3 Å². The zero-order valence-corrected chi connectivity index (χ0v) is 25.3. The number of ether oxygens (including phenoxy) is 4. The molecule has 3 aromatic rings. The molecule has 1 atom stereocenters. The average molecular weight is 612 g/mol. The van der Waals surface area contributed by atoms with Gasteiger partial charge in [0.25, 0.3) is 5.91 Å². The number of pyridine rings is 1. The molecule has 0 aliphatic carbocycles. The number of hydrogen-bond acceptors (Lipinski definition) is 7. The second kappa shape index (κ2) is 15.4. The van der Waals surface area contributed by atoms with Crippen LogP contribution in [0, 0.1) is 0 Å². The zero-order valence-electron chi connectivity index (χ0n) is 25.3. The highest BCUT2D eigenvalue weighted by atomic mass is 19.3. The maximum absolute atomic E-state index is 15.6. The molecule has 0 saturated carbocycles. The number of hydrogen-bond donors (Lipinski definition) is 0. The van der Waals surface area contributed by atoms with Crippen molar-refractivity contribution in [1.29, 1.82) is 0 Å². The number of methoxy groups -OCH3 is 3. The molecule has 2 aromatic carbocycles. The lowest BCUT2D eigenvalue weighted by molar-refractivity contribution is -0.160. The number of alkyl halides is 2. The first-order chi connectivity index (χ1) is 21.3. The highest BCUT2D eigenvalue weighted by Crippen LogP contribution is 2.43. The van der Waals surface area contributed by atoms with E-state index in [0.29, 0.717) is 25.9 Å². The number of unbranched alkanes of at least 4 members (excludes halogenated alkanes) is 1. The first-order valence-corrected chi connectivity index (χ1v) is 14.6. The Hall–Kier alpha value is -4.41. The number of nitrogens with zero attached hydrogens (tertiary/aromatic N) is 3. The summed E-state index contributed by atoms with van der Waals surface area (Å²) in [5, 5.41) is 0. The van der Waals surface area contributed by atoms with Crippen LogP contribution in [0.15, 0.2) is 67.0 Å². The maximum atomic E-state index is 15.6. The Morgan fingerprint density at radius 2 is 1.68 bits per heavy atom. The molecule has 1 saturated heterocycles. The summed E-state index contributed by atoms with van der Waals surface area (Å²) in [4.78, 5) is 33.4. The van der Waals surface area contributed by atoms with Gasteiger partial charge in [0.1, 0.15) is 6.61 Å². The Morgan fingerprint density at radius 3 is 2.32 bits per heavy atom. The Kier molecular flexibility index (Phi) is 11.3. The van der Waals surface area contributed by atoms with Crippen LogP contribution in [-0.4, -0.2) is 73.9 Å². The summed E-state index contributed by atoms with van der Waals surface area (Å²) in [7, 11) is 3.99. The number of carbonyl (C=O) groups is 2. The molecule has 4 rings (SSSR count). The number of likely N-dealkylation sites (tertiary alicyclic amines) is 1. The molecule has 44 heavy (non-hydrogen) atoms. The fourth-order valence-electron chi connectivity index (χ4n) is 5.32. The van der Waals surface area contributed by atoms with Crippen LogP contribution in [0.1, 0.15) is 42.4 Å². The van der Waals surface area contributed by atoms with Gasteiger partial charge in [-0.15, -0.1) is 0 Å². The molecule has 2 amide bonds. The molecule has 1 aliphatic heterocycles. The zero-order chi connectivity index (χ0) is 31.5. The third kappa shape index (κ3) is 7.94. The molecule has 0 unspecified atom stereocenters. The lowest BCUT2D eigenvalue weighted by Gasteiger charge is -2.30. The van der Waals surface area contributed by atoms with Crippen molar-refractivity contribution in [1.82, 2.24) is 14.8 Å². The lowest BCUT2D eigenvalue weighted by atomic mass is 10.0. The van der Waals surface area contributed by atoms with E-state index in [0.717, 1.165) is 47.4 Å². The lowest BCUT2D eigenvalue weighted by Crippen LogP contribution is -2.46. The Bertz CT molecular complexity index is 1350. The first kappa shape index (κ1) is 32.5. The van der Waals surface area contributed by atoms with Crippen molar-refractivity contribution in [3.8, 4) is 17.2 Å². The predicted octanol–water partition coefficient (Wildman–Crippen LogP) is 5.85. The van der Waals surface area contributed by atoms with Gasteiger partial charge in [-0.25, -0.2) is 4.79 Å². The second-order valence-electron chi connectivity index (χ2n) is 10.6. The van der Waals surface area contributed by atoms with Gasteiger partial charge in [0.2, 0.25) is 5.75 Å². The molecule has 0 radical (unpaired) electrons. The third-order valence-electron chi connectivity index (χ3n) is 7.67. The summed E-state index contributed by atoms with van der Waals surface area (Å²) >= 11 is 0. The minimum Gasteiger partial charge on any atom is -0.493 e. The molecule has 2 heterocycles. The van der Waals surface area contributed by atoms with Crippen molar-refractivity contribution in [2.75, 3.05) is 41.0 Å². The maximum Gasteiger partial charge on any atom is 0.410 e. The fourth-order valence-corrected chi connectivity index (χ4v) is 5.32. The number of amides is 2. The van der Waals surface area contributed by atoms with E-state index in [2.05, 4.69) is 4.98 Å². The number of carbonyl (C=O) groups excluding carboxylic acids is 2. The van der Waals surface area contributed by atoms with Crippen LogP contribution in [-0.2, 0) is 28.4 Å². The fraction of sp³-hybridized carbons (Fsp3) is 0.424. The number of aromatic nitrogens is 1. The van der Waals surface area contributed by atoms with Gasteiger partial charge in [-0.05, 0) is 61.4 Å². The average Bonchev–Trinajstić information content (AvgIpc) is 3.53. The van der Waals surface area contributed by atoms with Crippen LogP contribution in [0.5, 0.6) is 17.2 Å². The molecule has 0 bridgehead atoms. The van der Waals surface area contributed by atoms with E-state index in [1.54, 1.807) is 11.1 Å². The molecule has 11 heteroatoms. The SMILES string of the molecule is COc1cc(C(F)(F)C(=O)N2CCC[C@H]2COC(=O)N(CCCCc2cccnc2)Cc2ccccc2)cc(OC)c1OC. The molecule has 0 spiro atoms. The van der Waals surface area contributed by atoms with Crippen molar-refractivity contribution < 1.29 is 37.3 Å². The van der Waals surface area contributed by atoms with E-state index in [1.807, 2.05) is 48.7 Å². The van der Waals surface area contributed by atoms with Crippen LogP contribution >= 0.6 is 0 Å². The highest BCUT2D eigenvalue weighted by molar-refractivity contribution is 5.86. The minimum atomic E-state index is -3.88. The topological polar surface area (TPSA) is 90.4 Å². The molecule has 1 aliphatic rings. The first-order valence-electron chi connectivity index (χ1n) is 14.6. The number of benzene rings is 2. The molecule has 1 aromatic heterocycles. The van der Waals surface area contributed by atoms with E-state index in [9.17, 15) is 9.59 Å². The van der Waals surface area contributed by atoms with Gasteiger partial charge in [0.15, 0.2) is 11.5 Å². The van der Waals surface area contributed by atoms with Crippen molar-refractivity contribution in [3.05, 3.63) is 83.7 Å². The van der Waals surface area contributed by atoms with Gasteiger partial charge < -0.3 is 28.7 Å². The summed E-state index contributed by atoms with van der Waals surface area (Å²) in [5.41, 5.74) is 1.48. The van der Waals surface area contributed by atoms with E-state index < -0.39 is 29.5 Å². The molecule has 9 nitrogen and oxygen atoms in total. The van der Waals surface area contributed by atoms with E-state index in [-0.39, 0.29) is 30.4 Å². The van der Waals surface area contributed by atoms with Gasteiger partial charge in [-0.1, -0.05) is 36.4 Å². The van der Waals surface area contributed by atoms with Crippen LogP contribution in [0.3, 0.4) is 0 Å². The molecule has 0 N–H and O–H groups in total. The van der Waals surface area contributed by atoms with Crippen LogP contribution in [0.25, 0.3) is 0 Å². The van der Waals surface area contributed by atoms with E-state index in [4.69, 9.17) is 18.9 Å². The summed E-state index contributed by atoms with van der Waals surface area (Å²) in [6.45, 7) is 0.750. The highest BCUT2D eigenvalue weighted by Gasteiger charge is 2.48. The summed E-state index contributed by atoms with van der Waals surface area (Å²) in [6, 6.07) is 14.9. The number of rotatable bonds is 14. The Morgan fingerprint density at radius 1 is 0.977 bits per heavy atom. The van der Waals surface area contributed by atoms with E-state index >= 15 is 8.78 Å². The molecular formula is C33H39F2N3O6. The Balaban J connectivity index is 1.41. The normalized spacial score (nSPS) is 14.7. The Labute approximate surface area is 256 Å². The number of aryl methyl sites for hydroxylation is 1. The minimum absolute atomic E-state index is 0.0140. The third-order valence-corrected chi connectivity index (χ3v) is 7.67. The van der Waals surface area contributed by atoms with Gasteiger partial charge in [-0.2, -0.15) is 8.78 Å². The van der Waals surface area contributed by atoms with Crippen LogP contribution in [0.4, 0.5) is 13.6 Å². The molecule has 1 fully saturated rings. The van der Waals surface area contributed by atoms with Crippen molar-refractivity contribution in [3.63, 3.8) is 0 Å². The summed E-state index contributed by atoms with van der Waals surface area (Å²) in [5.74, 6) is -5.08. The van der Waals surface area contributed by atoms with Crippen molar-refractivity contribution >= 4 is 12.0 Å². The van der Waals surface area contributed by atoms with Gasteiger partial charge in [0.05, 0.1) is 27.4 Å². The monoisotopic (exact) mass is 611 g/mol.